The number of aliphatic hydroxyl groups excluding tert-OH is 2. The molecule has 0 radical (unpaired) electrons. The third-order valence-electron chi connectivity index (χ3n) is 10.9. The van der Waals surface area contributed by atoms with Gasteiger partial charge in [0.2, 0.25) is 0 Å². The fraction of sp³-hybridized carbons (Fsp3) is 0.103. The second kappa shape index (κ2) is 26.6. The molecular formula is C58H47F2N4O8Pt2S2-3. The van der Waals surface area contributed by atoms with Crippen molar-refractivity contribution < 1.29 is 87.9 Å². The van der Waals surface area contributed by atoms with Gasteiger partial charge in [-0.1, -0.05) is 102 Å². The number of ketones is 2. The predicted molar refractivity (Wildman–Crippen MR) is 285 cm³/mol. The van der Waals surface area contributed by atoms with Crippen molar-refractivity contribution in [1.82, 2.24) is 19.1 Å². The smallest absolute Gasteiger partial charge is 0.158 e. The number of allylic oxidation sites excluding steroid dienone is 4. The minimum atomic E-state index is -3.59. The summed E-state index contributed by atoms with van der Waals surface area (Å²) < 4.78 is 78.3. The summed E-state index contributed by atoms with van der Waals surface area (Å²) in [5.41, 5.74) is 7.94. The first kappa shape index (κ1) is 59.8. The summed E-state index contributed by atoms with van der Waals surface area (Å²) >= 11 is -2.36. The molecular weight excluding hydrogens is 1370 g/mol. The predicted octanol–water partition coefficient (Wildman–Crippen LogP) is 12.4. The first-order valence-electron chi connectivity index (χ1n) is 22.6. The molecule has 0 saturated carbocycles. The first-order valence-corrected chi connectivity index (χ1v) is 25.8. The second-order valence-corrected chi connectivity index (χ2v) is 19.8. The molecule has 1 atom stereocenters. The second-order valence-electron chi connectivity index (χ2n) is 16.9. The van der Waals surface area contributed by atoms with E-state index in [2.05, 4.69) is 67.6 Å². The molecule has 0 aliphatic heterocycles. The van der Waals surface area contributed by atoms with Crippen molar-refractivity contribution >= 4 is 76.1 Å². The molecule has 1 unspecified atom stereocenters. The molecule has 76 heavy (non-hydrogen) atoms. The van der Waals surface area contributed by atoms with Gasteiger partial charge in [-0.3, -0.25) is 13.8 Å². The van der Waals surface area contributed by atoms with Crippen molar-refractivity contribution in [2.75, 3.05) is 6.26 Å². The van der Waals surface area contributed by atoms with Crippen LogP contribution in [0, 0.1) is 23.8 Å². The Morgan fingerprint density at radius 2 is 0.987 bits per heavy atom. The molecule has 18 heteroatoms. The minimum absolute atomic E-state index is 0. The quantitative estimate of drug-likeness (QED) is 0.0610. The number of hydrogen-bond donors (Lipinski definition) is 2. The Balaban J connectivity index is 0.000000222. The van der Waals surface area contributed by atoms with E-state index < -0.39 is 32.6 Å². The number of nitrogens with zero attached hydrogens (tertiary/aromatic N) is 4. The monoisotopic (exact) mass is 1420 g/mol. The van der Waals surface area contributed by atoms with Crippen LogP contribution in [0.4, 0.5) is 8.78 Å². The minimum Gasteiger partial charge on any atom is -0.772 e. The average molecular weight is 1420 g/mol. The number of sulfone groups is 1. The van der Waals surface area contributed by atoms with Crippen molar-refractivity contribution in [3.8, 4) is 33.9 Å². The number of para-hydroxylation sites is 4. The number of fused-ring (bicyclic) bond motifs is 6. The van der Waals surface area contributed by atoms with Crippen LogP contribution in [0.1, 0.15) is 33.3 Å². The molecule has 0 amide bonds. The number of carbonyl (C=O) groups excluding carboxylic acids is 2. The van der Waals surface area contributed by atoms with Crippen LogP contribution < -0.4 is 0 Å². The molecule has 2 N–H and O–H groups in total. The maximum absolute atomic E-state index is 13.6. The summed E-state index contributed by atoms with van der Waals surface area (Å²) in [7, 11) is -3.59. The van der Waals surface area contributed by atoms with E-state index in [0.29, 0.717) is 22.5 Å². The molecule has 0 fully saturated rings. The zero-order chi connectivity index (χ0) is 53.3. The molecule has 6 aromatic carbocycles. The van der Waals surface area contributed by atoms with E-state index in [0.717, 1.165) is 67.3 Å². The van der Waals surface area contributed by atoms with Gasteiger partial charge in [-0.25, -0.2) is 17.2 Å². The molecule has 0 aliphatic rings. The third kappa shape index (κ3) is 15.1. The van der Waals surface area contributed by atoms with Crippen molar-refractivity contribution in [2.45, 2.75) is 38.3 Å². The van der Waals surface area contributed by atoms with Gasteiger partial charge >= 0.3 is 0 Å². The van der Waals surface area contributed by atoms with Gasteiger partial charge in [0.25, 0.3) is 0 Å². The zero-order valence-electron chi connectivity index (χ0n) is 41.2. The Labute approximate surface area is 469 Å². The van der Waals surface area contributed by atoms with Crippen LogP contribution in [0.3, 0.4) is 0 Å². The van der Waals surface area contributed by atoms with Crippen LogP contribution in [0.2, 0.25) is 0 Å². The number of rotatable bonds is 9. The number of benzene rings is 6. The average Bonchev–Trinajstić information content (AvgIpc) is 3.86. The molecule has 0 bridgehead atoms. The Morgan fingerprint density at radius 3 is 1.32 bits per heavy atom. The summed E-state index contributed by atoms with van der Waals surface area (Å²) in [5.74, 6) is -1.81. The molecule has 12 nitrogen and oxygen atoms in total. The fourth-order valence-electron chi connectivity index (χ4n) is 8.20. The van der Waals surface area contributed by atoms with Crippen LogP contribution in [0.15, 0.2) is 187 Å². The Kier molecular flexibility index (Phi) is 20.9. The molecule has 396 valence electrons. The summed E-state index contributed by atoms with van der Waals surface area (Å²) in [6, 6.07) is 50.4. The fourth-order valence-corrected chi connectivity index (χ4v) is 9.30. The topological polar surface area (TPSA) is 185 Å². The molecule has 0 saturated heterocycles. The molecule has 10 aromatic rings. The van der Waals surface area contributed by atoms with Crippen molar-refractivity contribution in [2.24, 2.45) is 0 Å². The van der Waals surface area contributed by atoms with E-state index in [1.54, 1.807) is 18.5 Å². The Bertz CT molecular complexity index is 3790. The van der Waals surface area contributed by atoms with Crippen LogP contribution in [0.25, 0.3) is 77.5 Å². The van der Waals surface area contributed by atoms with Gasteiger partial charge in [-0.15, -0.1) is 47.0 Å². The van der Waals surface area contributed by atoms with Gasteiger partial charge in [0.05, 0.1) is 33.6 Å². The number of pyridine rings is 2. The number of halogens is 2. The molecule has 4 heterocycles. The van der Waals surface area contributed by atoms with Crippen LogP contribution in [-0.2, 0) is 78.4 Å². The van der Waals surface area contributed by atoms with Crippen LogP contribution in [0.5, 0.6) is 0 Å². The summed E-state index contributed by atoms with van der Waals surface area (Å²) in [6.07, 6.45) is 6.70. The van der Waals surface area contributed by atoms with E-state index >= 15 is 0 Å². The number of aromatic nitrogens is 4. The first-order chi connectivity index (χ1) is 35.3. The van der Waals surface area contributed by atoms with E-state index in [9.17, 15) is 35.5 Å². The van der Waals surface area contributed by atoms with Crippen molar-refractivity contribution in [3.05, 3.63) is 211 Å². The van der Waals surface area contributed by atoms with Crippen molar-refractivity contribution in [1.29, 1.82) is 0 Å². The van der Waals surface area contributed by atoms with Crippen molar-refractivity contribution in [3.63, 3.8) is 0 Å². The summed E-state index contributed by atoms with van der Waals surface area (Å²) in [6.45, 7) is 5.70. The Morgan fingerprint density at radius 1 is 0.605 bits per heavy atom. The number of aliphatic hydroxyl groups is 2. The van der Waals surface area contributed by atoms with Gasteiger partial charge in [0.15, 0.2) is 21.4 Å². The Hall–Kier alpha value is -7.06. The zero-order valence-corrected chi connectivity index (χ0v) is 47.4. The number of carbonyl (C=O) groups is 2. The van der Waals surface area contributed by atoms with E-state index in [1.807, 2.05) is 84.9 Å². The van der Waals surface area contributed by atoms with E-state index in [4.69, 9.17) is 10.2 Å². The van der Waals surface area contributed by atoms with Gasteiger partial charge < -0.3 is 33.9 Å². The molecule has 0 spiro atoms. The van der Waals surface area contributed by atoms with Gasteiger partial charge in [0, 0.05) is 123 Å². The van der Waals surface area contributed by atoms with Gasteiger partial charge in [-0.05, 0) is 80.4 Å². The van der Waals surface area contributed by atoms with Crippen LogP contribution >= 0.6 is 0 Å². The third-order valence-corrected chi connectivity index (χ3v) is 12.5. The van der Waals surface area contributed by atoms with Gasteiger partial charge in [-0.2, -0.15) is 0 Å². The van der Waals surface area contributed by atoms with E-state index in [-0.39, 0.29) is 81.4 Å². The molecule has 4 aromatic heterocycles. The van der Waals surface area contributed by atoms with E-state index in [1.165, 1.54) is 52.0 Å². The maximum Gasteiger partial charge on any atom is 0.158 e. The van der Waals surface area contributed by atoms with Crippen LogP contribution in [-0.4, -0.2) is 64.3 Å². The standard InChI is InChI=1S/C25H19N2O4S2.C23H13F2N2.2C5H8O2.2Pt/c1-33(30,31)20-13-17(16-32(28)29)12-18(14-20)23-15-19(10-11-26-23)27-24-8-4-2-6-21(24)22-7-3-5-9-25(22)27;24-16-11-15(12-17(25)13-16)21-14-18(9-10-26-21)27-22-7-3-1-5-19(22)20-6-2-4-8-23(20)27;2*1-4(6)3-5(2)7;;/h2-13,15H,16H2,1H3,(H,28,29);1-11,13-14H;2*3,6H,1-2H3;;/q2*-1;;;;/p-1. The SMILES string of the molecule is CC(=O)C=C(C)O.CC(=O)C=C(C)O.CS(=O)(=O)c1[c-]c(-c2cc(-n3c4ccccc4c4ccccc43)ccn2)cc(CS(=O)[O-])c1.Fc1[c-]c(-c2cc(-n3c4ccccc4c4ccccc43)ccn2)cc(F)c1.[Pt].[Pt]. The maximum atomic E-state index is 13.6. The largest absolute Gasteiger partial charge is 0.772 e. The number of hydrogen-bond acceptors (Lipinski definition) is 10. The normalized spacial score (nSPS) is 11.7. The molecule has 10 rings (SSSR count). The van der Waals surface area contributed by atoms with Gasteiger partial charge in [0.1, 0.15) is 0 Å². The summed E-state index contributed by atoms with van der Waals surface area (Å²) in [4.78, 5) is 28.7. The summed E-state index contributed by atoms with van der Waals surface area (Å²) in [5, 5.41) is 21.3. The molecule has 0 aliphatic carbocycles.